The van der Waals surface area contributed by atoms with Crippen molar-refractivity contribution in [2.75, 3.05) is 53.6 Å². The van der Waals surface area contributed by atoms with Crippen molar-refractivity contribution < 1.29 is 27.4 Å². The monoisotopic (exact) mass is 545 g/mol. The van der Waals surface area contributed by atoms with E-state index in [0.29, 0.717) is 32.1 Å². The Balaban J connectivity index is 0.00000450. The lowest BCUT2D eigenvalue weighted by atomic mass is 10.1. The third-order valence-electron chi connectivity index (χ3n) is 4.64. The van der Waals surface area contributed by atoms with Gasteiger partial charge in [0.15, 0.2) is 5.96 Å². The minimum Gasteiger partial charge on any atom is -0.492 e. The molecular weight excluding hydrogens is 514 g/mol. The van der Waals surface area contributed by atoms with Crippen LogP contribution in [0.2, 0.25) is 0 Å². The van der Waals surface area contributed by atoms with Crippen LogP contribution in [-0.2, 0) is 15.7 Å². The van der Waals surface area contributed by atoms with Crippen molar-refractivity contribution in [1.29, 1.82) is 0 Å². The van der Waals surface area contributed by atoms with Gasteiger partial charge in [-0.3, -0.25) is 4.99 Å². The third kappa shape index (κ3) is 9.25. The number of alkyl halides is 3. The number of hydrogen-bond acceptors (Lipinski definition) is 4. The first kappa shape index (κ1) is 26.8. The average Bonchev–Trinajstić information content (AvgIpc) is 2.72. The van der Waals surface area contributed by atoms with E-state index in [4.69, 9.17) is 14.2 Å². The first-order valence-electron chi connectivity index (χ1n) is 9.80. The second-order valence-corrected chi connectivity index (χ2v) is 6.75. The minimum atomic E-state index is -4.34. The Kier molecular flexibility index (Phi) is 12.4. The van der Waals surface area contributed by atoms with Crippen molar-refractivity contribution in [3.8, 4) is 5.75 Å². The lowest BCUT2D eigenvalue weighted by Crippen LogP contribution is -2.47. The summed E-state index contributed by atoms with van der Waals surface area (Å²) < 4.78 is 54.1. The van der Waals surface area contributed by atoms with Crippen LogP contribution >= 0.6 is 24.0 Å². The van der Waals surface area contributed by atoms with Gasteiger partial charge in [0.05, 0.1) is 18.2 Å². The maximum Gasteiger partial charge on any atom is 0.416 e. The fourth-order valence-corrected chi connectivity index (χ4v) is 3.09. The standard InChI is InChI=1S/C20H30F3N3O3.HI/c1-24-19(26-11-8-18(9-12-26)28-14-3-13-27-2)25-10-15-29-17-6-4-16(5-7-17)20(21,22)23;/h4-7,18H,3,8-15H2,1-2H3,(H,24,25);1H. The van der Waals surface area contributed by atoms with E-state index in [0.717, 1.165) is 50.4 Å². The molecule has 1 fully saturated rings. The summed E-state index contributed by atoms with van der Waals surface area (Å²) in [4.78, 5) is 6.47. The van der Waals surface area contributed by atoms with E-state index in [9.17, 15) is 13.2 Å². The molecule has 6 nitrogen and oxygen atoms in total. The van der Waals surface area contributed by atoms with Gasteiger partial charge in [-0.05, 0) is 43.5 Å². The molecule has 1 aliphatic rings. The normalized spacial score (nSPS) is 15.6. The van der Waals surface area contributed by atoms with Gasteiger partial charge in [-0.1, -0.05) is 0 Å². The maximum atomic E-state index is 12.6. The molecule has 172 valence electrons. The second-order valence-electron chi connectivity index (χ2n) is 6.75. The number of piperidine rings is 1. The van der Waals surface area contributed by atoms with Gasteiger partial charge < -0.3 is 24.4 Å². The topological polar surface area (TPSA) is 55.3 Å². The molecule has 10 heteroatoms. The summed E-state index contributed by atoms with van der Waals surface area (Å²) >= 11 is 0. The SMILES string of the molecule is CN=C(NCCOc1ccc(C(F)(F)F)cc1)N1CCC(OCCCOC)CC1.I. The van der Waals surface area contributed by atoms with E-state index in [1.165, 1.54) is 12.1 Å². The largest absolute Gasteiger partial charge is 0.492 e. The summed E-state index contributed by atoms with van der Waals surface area (Å²) in [7, 11) is 3.41. The summed E-state index contributed by atoms with van der Waals surface area (Å²) in [6.45, 7) is 3.96. The molecule has 2 rings (SSSR count). The highest BCUT2D eigenvalue weighted by atomic mass is 127. The Hall–Kier alpha value is -1.27. The third-order valence-corrected chi connectivity index (χ3v) is 4.64. The fraction of sp³-hybridized carbons (Fsp3) is 0.650. The lowest BCUT2D eigenvalue weighted by molar-refractivity contribution is -0.137. The molecule has 1 saturated heterocycles. The minimum absolute atomic E-state index is 0. The number of benzene rings is 1. The number of rotatable bonds is 9. The highest BCUT2D eigenvalue weighted by Crippen LogP contribution is 2.30. The summed E-state index contributed by atoms with van der Waals surface area (Å²) in [5.74, 6) is 1.19. The number of methoxy groups -OCH3 is 1. The number of aliphatic imine (C=N–C) groups is 1. The molecular formula is C20H31F3IN3O3. The molecule has 0 aromatic heterocycles. The second kappa shape index (κ2) is 13.9. The van der Waals surface area contributed by atoms with E-state index in [2.05, 4.69) is 15.2 Å². The average molecular weight is 545 g/mol. The molecule has 0 bridgehead atoms. The van der Waals surface area contributed by atoms with E-state index >= 15 is 0 Å². The zero-order chi connectivity index (χ0) is 21.1. The molecule has 0 unspecified atom stereocenters. The number of likely N-dealkylation sites (tertiary alicyclic amines) is 1. The van der Waals surface area contributed by atoms with Crippen LogP contribution in [0.5, 0.6) is 5.75 Å². The summed E-state index contributed by atoms with van der Waals surface area (Å²) in [5, 5.41) is 3.23. The van der Waals surface area contributed by atoms with Crippen LogP contribution in [-0.4, -0.2) is 70.6 Å². The van der Waals surface area contributed by atoms with Crippen LogP contribution < -0.4 is 10.1 Å². The van der Waals surface area contributed by atoms with Crippen molar-refractivity contribution in [3.05, 3.63) is 29.8 Å². The predicted molar refractivity (Wildman–Crippen MR) is 121 cm³/mol. The number of halogens is 4. The molecule has 0 atom stereocenters. The zero-order valence-corrected chi connectivity index (χ0v) is 19.7. The fourth-order valence-electron chi connectivity index (χ4n) is 3.09. The van der Waals surface area contributed by atoms with Gasteiger partial charge in [0.1, 0.15) is 12.4 Å². The van der Waals surface area contributed by atoms with Crippen molar-refractivity contribution in [2.45, 2.75) is 31.5 Å². The van der Waals surface area contributed by atoms with Crippen LogP contribution in [0.3, 0.4) is 0 Å². The first-order valence-corrected chi connectivity index (χ1v) is 9.80. The van der Waals surface area contributed by atoms with E-state index < -0.39 is 11.7 Å². The molecule has 1 heterocycles. The molecule has 0 saturated carbocycles. The van der Waals surface area contributed by atoms with Crippen molar-refractivity contribution >= 4 is 29.9 Å². The van der Waals surface area contributed by atoms with E-state index in [1.54, 1.807) is 14.2 Å². The van der Waals surface area contributed by atoms with Gasteiger partial charge in [-0.15, -0.1) is 24.0 Å². The Morgan fingerprint density at radius 2 is 1.80 bits per heavy atom. The number of guanidine groups is 1. The van der Waals surface area contributed by atoms with Crippen molar-refractivity contribution in [2.24, 2.45) is 4.99 Å². The Morgan fingerprint density at radius 1 is 1.13 bits per heavy atom. The van der Waals surface area contributed by atoms with Gasteiger partial charge in [-0.2, -0.15) is 13.2 Å². The number of ether oxygens (including phenoxy) is 3. The molecule has 0 aliphatic carbocycles. The van der Waals surface area contributed by atoms with Crippen molar-refractivity contribution in [1.82, 2.24) is 10.2 Å². The smallest absolute Gasteiger partial charge is 0.416 e. The Morgan fingerprint density at radius 3 is 2.37 bits per heavy atom. The Bertz CT molecular complexity index is 622. The number of nitrogens with zero attached hydrogens (tertiary/aromatic N) is 2. The van der Waals surface area contributed by atoms with E-state index in [-0.39, 0.29) is 30.1 Å². The lowest BCUT2D eigenvalue weighted by Gasteiger charge is -2.34. The molecule has 1 aromatic carbocycles. The van der Waals surface area contributed by atoms with Gasteiger partial charge in [0, 0.05) is 40.5 Å². The Labute approximate surface area is 193 Å². The van der Waals surface area contributed by atoms with Gasteiger partial charge in [-0.25, -0.2) is 0 Å². The predicted octanol–water partition coefficient (Wildman–Crippen LogP) is 3.80. The molecule has 0 spiro atoms. The van der Waals surface area contributed by atoms with Gasteiger partial charge in [0.25, 0.3) is 0 Å². The zero-order valence-electron chi connectivity index (χ0n) is 17.4. The molecule has 1 N–H and O–H groups in total. The highest BCUT2D eigenvalue weighted by molar-refractivity contribution is 14.0. The maximum absolute atomic E-state index is 12.6. The number of nitrogens with one attached hydrogen (secondary N) is 1. The van der Waals surface area contributed by atoms with E-state index in [1.807, 2.05) is 0 Å². The first-order chi connectivity index (χ1) is 13.9. The molecule has 1 aromatic rings. The van der Waals surface area contributed by atoms with Gasteiger partial charge in [0.2, 0.25) is 0 Å². The quantitative estimate of drug-likeness (QED) is 0.222. The molecule has 0 radical (unpaired) electrons. The molecule has 1 aliphatic heterocycles. The van der Waals surface area contributed by atoms with Crippen LogP contribution in [0.25, 0.3) is 0 Å². The van der Waals surface area contributed by atoms with Gasteiger partial charge >= 0.3 is 6.18 Å². The summed E-state index contributed by atoms with van der Waals surface area (Å²) in [6, 6.07) is 4.69. The number of hydrogen-bond donors (Lipinski definition) is 1. The van der Waals surface area contributed by atoms with Crippen molar-refractivity contribution in [3.63, 3.8) is 0 Å². The van der Waals surface area contributed by atoms with Crippen LogP contribution in [0.15, 0.2) is 29.3 Å². The van der Waals surface area contributed by atoms with Crippen LogP contribution in [0.4, 0.5) is 13.2 Å². The van der Waals surface area contributed by atoms with Crippen LogP contribution in [0.1, 0.15) is 24.8 Å². The summed E-state index contributed by atoms with van der Waals surface area (Å²) in [5.41, 5.74) is -0.686. The molecule has 0 amide bonds. The highest BCUT2D eigenvalue weighted by Gasteiger charge is 2.30. The summed E-state index contributed by atoms with van der Waals surface area (Å²) in [6.07, 6.45) is -1.29. The molecule has 30 heavy (non-hydrogen) atoms. The van der Waals surface area contributed by atoms with Crippen LogP contribution in [0, 0.1) is 0 Å².